The number of nitrogens with zero attached hydrogens (tertiary/aromatic N) is 2. The van der Waals surface area contributed by atoms with Crippen LogP contribution in [0.5, 0.6) is 0 Å². The van der Waals surface area contributed by atoms with Crippen LogP contribution in [0, 0.1) is 0 Å². The molecule has 0 spiro atoms. The van der Waals surface area contributed by atoms with Crippen molar-refractivity contribution in [1.29, 1.82) is 0 Å². The Hall–Kier alpha value is -3.04. The highest BCUT2D eigenvalue weighted by molar-refractivity contribution is 7.92. The summed E-state index contributed by atoms with van der Waals surface area (Å²) >= 11 is 1.52. The van der Waals surface area contributed by atoms with Gasteiger partial charge in [0.1, 0.15) is 5.01 Å². The van der Waals surface area contributed by atoms with Crippen LogP contribution in [0.25, 0.3) is 21.8 Å². The molecule has 31 heavy (non-hydrogen) atoms. The van der Waals surface area contributed by atoms with Gasteiger partial charge in [-0.1, -0.05) is 42.5 Å². The molecule has 1 fully saturated rings. The van der Waals surface area contributed by atoms with Crippen molar-refractivity contribution >= 4 is 38.9 Å². The van der Waals surface area contributed by atoms with Crippen molar-refractivity contribution in [3.8, 4) is 21.8 Å². The lowest BCUT2D eigenvalue weighted by atomic mass is 10.1. The van der Waals surface area contributed by atoms with Gasteiger partial charge in [0, 0.05) is 41.6 Å². The molecule has 0 aliphatic carbocycles. The maximum atomic E-state index is 12.5. The van der Waals surface area contributed by atoms with Crippen molar-refractivity contribution in [3.63, 3.8) is 0 Å². The lowest BCUT2D eigenvalue weighted by Gasteiger charge is -2.24. The fraction of sp³-hybridized carbons (Fsp3) is 0.227. The van der Waals surface area contributed by atoms with Crippen molar-refractivity contribution in [2.24, 2.45) is 0 Å². The number of imide groups is 1. The van der Waals surface area contributed by atoms with Crippen LogP contribution < -0.4 is 4.72 Å². The van der Waals surface area contributed by atoms with E-state index in [-0.39, 0.29) is 37.0 Å². The van der Waals surface area contributed by atoms with Crippen LogP contribution in [0.2, 0.25) is 0 Å². The van der Waals surface area contributed by atoms with Crippen LogP contribution in [0.3, 0.4) is 0 Å². The van der Waals surface area contributed by atoms with Gasteiger partial charge in [0.15, 0.2) is 0 Å². The van der Waals surface area contributed by atoms with Crippen LogP contribution in [0.1, 0.15) is 19.3 Å². The van der Waals surface area contributed by atoms with Crippen LogP contribution in [-0.4, -0.2) is 42.4 Å². The number of nitrogens with one attached hydrogen (secondary N) is 1. The molecule has 9 heteroatoms. The average Bonchev–Trinajstić information content (AvgIpc) is 3.24. The Bertz CT molecular complexity index is 1190. The van der Waals surface area contributed by atoms with Gasteiger partial charge in [-0.15, -0.1) is 11.3 Å². The Morgan fingerprint density at radius 2 is 1.68 bits per heavy atom. The van der Waals surface area contributed by atoms with Crippen molar-refractivity contribution in [3.05, 3.63) is 60.0 Å². The van der Waals surface area contributed by atoms with E-state index in [0.717, 1.165) is 26.7 Å². The van der Waals surface area contributed by atoms with Crippen molar-refractivity contribution in [2.45, 2.75) is 19.3 Å². The van der Waals surface area contributed by atoms with Crippen LogP contribution in [0.15, 0.2) is 60.0 Å². The molecule has 0 bridgehead atoms. The maximum absolute atomic E-state index is 12.5. The van der Waals surface area contributed by atoms with Crippen molar-refractivity contribution in [2.75, 3.05) is 17.0 Å². The molecule has 4 rings (SSSR count). The average molecular weight is 456 g/mol. The number of benzene rings is 2. The lowest BCUT2D eigenvalue weighted by molar-refractivity contribution is -0.147. The molecule has 2 amide bonds. The smallest absolute Gasteiger partial charge is 0.234 e. The molecule has 0 radical (unpaired) electrons. The normalized spacial score (nSPS) is 14.6. The third-order valence-corrected chi connectivity index (χ3v) is 7.08. The molecule has 7 nitrogen and oxygen atoms in total. The summed E-state index contributed by atoms with van der Waals surface area (Å²) in [6, 6.07) is 16.8. The maximum Gasteiger partial charge on any atom is 0.234 e. The third-order valence-electron chi connectivity index (χ3n) is 4.92. The molecular formula is C22H21N3O4S2. The molecular weight excluding hydrogens is 434 g/mol. The number of anilines is 1. The zero-order valence-corrected chi connectivity index (χ0v) is 18.3. The first kappa shape index (κ1) is 21.2. The molecule has 160 valence electrons. The molecule has 1 aromatic heterocycles. The van der Waals surface area contributed by atoms with Gasteiger partial charge in [0.25, 0.3) is 0 Å². The number of hydrogen-bond donors (Lipinski definition) is 1. The second-order valence-corrected chi connectivity index (χ2v) is 9.90. The summed E-state index contributed by atoms with van der Waals surface area (Å²) in [5.41, 5.74) is 2.98. The number of thiazole rings is 1. The molecule has 0 atom stereocenters. The minimum absolute atomic E-state index is 0.140. The van der Waals surface area contributed by atoms with Gasteiger partial charge in [-0.3, -0.25) is 19.2 Å². The summed E-state index contributed by atoms with van der Waals surface area (Å²) in [5, 5.41) is 2.82. The Morgan fingerprint density at radius 1 is 0.968 bits per heavy atom. The van der Waals surface area contributed by atoms with Crippen molar-refractivity contribution in [1.82, 2.24) is 9.88 Å². The molecule has 1 saturated heterocycles. The van der Waals surface area contributed by atoms with Crippen LogP contribution in [-0.2, 0) is 19.6 Å². The first-order valence-electron chi connectivity index (χ1n) is 9.86. The SMILES string of the molecule is O=C1CCCC(=O)N1CCS(=O)(=O)Nc1cccc(-c2csc(-c3ccccc3)n2)c1. The van der Waals surface area contributed by atoms with Gasteiger partial charge < -0.3 is 0 Å². The zero-order chi connectivity index (χ0) is 21.8. The fourth-order valence-electron chi connectivity index (χ4n) is 3.35. The molecule has 0 saturated carbocycles. The minimum Gasteiger partial charge on any atom is -0.283 e. The number of rotatable bonds is 7. The topological polar surface area (TPSA) is 96.4 Å². The summed E-state index contributed by atoms with van der Waals surface area (Å²) < 4.78 is 27.6. The standard InChI is InChI=1S/C22H21N3O4S2/c26-20-10-5-11-21(27)25(20)12-13-31(28,29)24-18-9-4-8-17(14-18)19-15-30-22(23-19)16-6-2-1-3-7-16/h1-4,6-9,14-15,24H,5,10-13H2. The number of carbonyl (C=O) groups excluding carboxylic acids is 2. The second-order valence-electron chi connectivity index (χ2n) is 7.20. The minimum atomic E-state index is -3.73. The second kappa shape index (κ2) is 8.99. The number of aromatic nitrogens is 1. The quantitative estimate of drug-likeness (QED) is 0.547. The van der Waals surface area contributed by atoms with E-state index in [2.05, 4.69) is 9.71 Å². The van der Waals surface area contributed by atoms with Gasteiger partial charge in [-0.05, 0) is 18.6 Å². The molecule has 0 unspecified atom stereocenters. The summed E-state index contributed by atoms with van der Waals surface area (Å²) in [7, 11) is -3.73. The van der Waals surface area contributed by atoms with Gasteiger partial charge in [-0.2, -0.15) is 0 Å². The van der Waals surface area contributed by atoms with E-state index in [0.29, 0.717) is 12.1 Å². The fourth-order valence-corrected chi connectivity index (χ4v) is 5.20. The number of carbonyl (C=O) groups is 2. The number of hydrogen-bond acceptors (Lipinski definition) is 6. The number of piperidine rings is 1. The summed E-state index contributed by atoms with van der Waals surface area (Å²) in [6.07, 6.45) is 1.08. The third kappa shape index (κ3) is 5.18. The largest absolute Gasteiger partial charge is 0.283 e. The Morgan fingerprint density at radius 3 is 2.42 bits per heavy atom. The summed E-state index contributed by atoms with van der Waals surface area (Å²) in [6.45, 7) is -0.140. The zero-order valence-electron chi connectivity index (χ0n) is 16.7. The van der Waals surface area contributed by atoms with E-state index >= 15 is 0 Å². The van der Waals surface area contributed by atoms with E-state index in [1.54, 1.807) is 18.2 Å². The molecule has 2 heterocycles. The van der Waals surface area contributed by atoms with Crippen molar-refractivity contribution < 1.29 is 18.0 Å². The van der Waals surface area contributed by atoms with E-state index in [9.17, 15) is 18.0 Å². The van der Waals surface area contributed by atoms with E-state index < -0.39 is 10.0 Å². The van der Waals surface area contributed by atoms with Crippen LogP contribution in [0.4, 0.5) is 5.69 Å². The highest BCUT2D eigenvalue weighted by Crippen LogP contribution is 2.30. The number of sulfonamides is 1. The number of likely N-dealkylation sites (tertiary alicyclic amines) is 1. The van der Waals surface area contributed by atoms with Gasteiger partial charge in [0.2, 0.25) is 21.8 Å². The summed E-state index contributed by atoms with van der Waals surface area (Å²) in [4.78, 5) is 29.4. The summed E-state index contributed by atoms with van der Waals surface area (Å²) in [5.74, 6) is -0.971. The van der Waals surface area contributed by atoms with E-state index in [4.69, 9.17) is 0 Å². The number of amides is 2. The highest BCUT2D eigenvalue weighted by atomic mass is 32.2. The first-order valence-corrected chi connectivity index (χ1v) is 12.4. The molecule has 1 aliphatic rings. The predicted octanol–water partition coefficient (Wildman–Crippen LogP) is 3.76. The molecule has 3 aromatic rings. The monoisotopic (exact) mass is 455 g/mol. The predicted molar refractivity (Wildman–Crippen MR) is 121 cm³/mol. The molecule has 2 aromatic carbocycles. The van der Waals surface area contributed by atoms with E-state index in [1.165, 1.54) is 11.3 Å². The molecule has 1 N–H and O–H groups in total. The van der Waals surface area contributed by atoms with Gasteiger partial charge >= 0.3 is 0 Å². The Kier molecular flexibility index (Phi) is 6.15. The Balaban J connectivity index is 1.45. The van der Waals surface area contributed by atoms with Gasteiger partial charge in [0.05, 0.1) is 11.4 Å². The molecule has 1 aliphatic heterocycles. The van der Waals surface area contributed by atoms with E-state index in [1.807, 2.05) is 41.8 Å². The van der Waals surface area contributed by atoms with Gasteiger partial charge in [-0.25, -0.2) is 13.4 Å². The lowest BCUT2D eigenvalue weighted by Crippen LogP contribution is -2.43. The highest BCUT2D eigenvalue weighted by Gasteiger charge is 2.27. The Labute approximate surface area is 184 Å². The first-order chi connectivity index (χ1) is 14.9. The van der Waals surface area contributed by atoms with Crippen LogP contribution >= 0.6 is 11.3 Å².